The van der Waals surface area contributed by atoms with Gasteiger partial charge in [-0.25, -0.2) is 0 Å². The van der Waals surface area contributed by atoms with Crippen molar-refractivity contribution in [2.24, 2.45) is 11.3 Å². The summed E-state index contributed by atoms with van der Waals surface area (Å²) >= 11 is 0. The molecule has 0 radical (unpaired) electrons. The quantitative estimate of drug-likeness (QED) is 0.647. The van der Waals surface area contributed by atoms with Crippen LogP contribution in [0.5, 0.6) is 0 Å². The molecule has 0 atom stereocenters. The summed E-state index contributed by atoms with van der Waals surface area (Å²) in [6.07, 6.45) is 7.23. The number of hydrogen-bond acceptors (Lipinski definition) is 2. The van der Waals surface area contributed by atoms with Crippen LogP contribution >= 0.6 is 0 Å². The zero-order valence-corrected chi connectivity index (χ0v) is 11.2. The Morgan fingerprint density at radius 1 is 1.25 bits per heavy atom. The molecule has 0 amide bonds. The van der Waals surface area contributed by atoms with Crippen LogP contribution in [0.1, 0.15) is 52.9 Å². The van der Waals surface area contributed by atoms with E-state index >= 15 is 0 Å². The molecule has 1 saturated carbocycles. The SMILES string of the molecule is CCN(CC(C)C)CC1(C=O)CCCCC1. The minimum atomic E-state index is -0.0247. The van der Waals surface area contributed by atoms with Gasteiger partial charge in [0.25, 0.3) is 0 Å². The fourth-order valence-electron chi connectivity index (χ4n) is 2.84. The lowest BCUT2D eigenvalue weighted by Crippen LogP contribution is -2.41. The fraction of sp³-hybridized carbons (Fsp3) is 0.929. The van der Waals surface area contributed by atoms with Gasteiger partial charge >= 0.3 is 0 Å². The van der Waals surface area contributed by atoms with E-state index in [0.29, 0.717) is 5.92 Å². The average Bonchev–Trinajstić information content (AvgIpc) is 2.29. The Kier molecular flexibility index (Phi) is 5.47. The molecule has 0 N–H and O–H groups in total. The zero-order valence-electron chi connectivity index (χ0n) is 11.2. The molecule has 16 heavy (non-hydrogen) atoms. The summed E-state index contributed by atoms with van der Waals surface area (Å²) in [6, 6.07) is 0. The van der Waals surface area contributed by atoms with Crippen molar-refractivity contribution < 1.29 is 4.79 Å². The summed E-state index contributed by atoms with van der Waals surface area (Å²) in [6.45, 7) is 9.85. The molecule has 0 aliphatic heterocycles. The van der Waals surface area contributed by atoms with Crippen LogP contribution in [0.3, 0.4) is 0 Å². The number of hydrogen-bond donors (Lipinski definition) is 0. The minimum absolute atomic E-state index is 0.0247. The molecule has 1 rings (SSSR count). The molecule has 0 saturated heterocycles. The van der Waals surface area contributed by atoms with Gasteiger partial charge in [0.1, 0.15) is 6.29 Å². The van der Waals surface area contributed by atoms with Crippen molar-refractivity contribution >= 4 is 6.29 Å². The first kappa shape index (κ1) is 13.7. The molecule has 2 nitrogen and oxygen atoms in total. The Morgan fingerprint density at radius 2 is 1.88 bits per heavy atom. The Morgan fingerprint density at radius 3 is 2.31 bits per heavy atom. The number of carbonyl (C=O) groups is 1. The summed E-state index contributed by atoms with van der Waals surface area (Å²) in [7, 11) is 0. The van der Waals surface area contributed by atoms with Gasteiger partial charge in [-0.15, -0.1) is 0 Å². The Labute approximate surface area is 100 Å². The van der Waals surface area contributed by atoms with Gasteiger partial charge in [0.2, 0.25) is 0 Å². The monoisotopic (exact) mass is 225 g/mol. The Balaban J connectivity index is 2.55. The molecule has 0 unspecified atom stereocenters. The Hall–Kier alpha value is -0.370. The van der Waals surface area contributed by atoms with Crippen molar-refractivity contribution in [3.8, 4) is 0 Å². The molecule has 0 spiro atoms. The van der Waals surface area contributed by atoms with E-state index < -0.39 is 0 Å². The van der Waals surface area contributed by atoms with Crippen LogP contribution < -0.4 is 0 Å². The lowest BCUT2D eigenvalue weighted by molar-refractivity contribution is -0.119. The van der Waals surface area contributed by atoms with E-state index in [-0.39, 0.29) is 5.41 Å². The van der Waals surface area contributed by atoms with E-state index in [1.54, 1.807) is 0 Å². The molecule has 0 aromatic heterocycles. The fourth-order valence-corrected chi connectivity index (χ4v) is 2.84. The number of carbonyl (C=O) groups excluding carboxylic acids is 1. The van der Waals surface area contributed by atoms with E-state index in [1.807, 2.05) is 0 Å². The smallest absolute Gasteiger partial charge is 0.127 e. The number of rotatable bonds is 6. The normalized spacial score (nSPS) is 20.3. The summed E-state index contributed by atoms with van der Waals surface area (Å²) in [5, 5.41) is 0. The highest BCUT2D eigenvalue weighted by Gasteiger charge is 2.33. The Bertz CT molecular complexity index is 207. The highest BCUT2D eigenvalue weighted by molar-refractivity contribution is 5.60. The number of aldehydes is 1. The topological polar surface area (TPSA) is 20.3 Å². The van der Waals surface area contributed by atoms with Crippen molar-refractivity contribution in [3.63, 3.8) is 0 Å². The highest BCUT2D eigenvalue weighted by atomic mass is 16.1. The number of nitrogens with zero attached hydrogens (tertiary/aromatic N) is 1. The summed E-state index contributed by atoms with van der Waals surface area (Å²) < 4.78 is 0. The molecule has 0 aromatic rings. The lowest BCUT2D eigenvalue weighted by Gasteiger charge is -2.37. The van der Waals surface area contributed by atoms with Crippen LogP contribution in [0.4, 0.5) is 0 Å². The molecule has 0 heterocycles. The second kappa shape index (κ2) is 6.39. The maximum Gasteiger partial charge on any atom is 0.127 e. The van der Waals surface area contributed by atoms with E-state index in [2.05, 4.69) is 25.7 Å². The maximum absolute atomic E-state index is 11.4. The van der Waals surface area contributed by atoms with Crippen LogP contribution in [-0.4, -0.2) is 30.8 Å². The summed E-state index contributed by atoms with van der Waals surface area (Å²) in [5.74, 6) is 0.687. The van der Waals surface area contributed by atoms with Gasteiger partial charge in [0.05, 0.1) is 0 Å². The average molecular weight is 225 g/mol. The molecule has 0 aromatic carbocycles. The van der Waals surface area contributed by atoms with Crippen LogP contribution in [-0.2, 0) is 4.79 Å². The van der Waals surface area contributed by atoms with E-state index in [0.717, 1.165) is 32.5 Å². The van der Waals surface area contributed by atoms with Gasteiger partial charge in [-0.2, -0.15) is 0 Å². The molecule has 94 valence electrons. The maximum atomic E-state index is 11.4. The third-order valence-corrected chi connectivity index (χ3v) is 3.71. The van der Waals surface area contributed by atoms with Crippen molar-refractivity contribution in [3.05, 3.63) is 0 Å². The van der Waals surface area contributed by atoms with Crippen molar-refractivity contribution in [1.82, 2.24) is 4.90 Å². The highest BCUT2D eigenvalue weighted by Crippen LogP contribution is 2.35. The van der Waals surface area contributed by atoms with Crippen LogP contribution in [0, 0.1) is 11.3 Å². The molecule has 1 fully saturated rings. The predicted octanol–water partition coefficient (Wildman–Crippen LogP) is 3.11. The van der Waals surface area contributed by atoms with Gasteiger partial charge in [-0.1, -0.05) is 40.0 Å². The largest absolute Gasteiger partial charge is 0.303 e. The molecule has 1 aliphatic carbocycles. The first-order valence-corrected chi connectivity index (χ1v) is 6.80. The molecule has 2 heteroatoms. The van der Waals surface area contributed by atoms with Crippen LogP contribution in [0.25, 0.3) is 0 Å². The van der Waals surface area contributed by atoms with E-state index in [9.17, 15) is 4.79 Å². The second-order valence-electron chi connectivity index (χ2n) is 5.76. The lowest BCUT2D eigenvalue weighted by atomic mass is 9.75. The molecule has 1 aliphatic rings. The first-order chi connectivity index (χ1) is 7.62. The second-order valence-corrected chi connectivity index (χ2v) is 5.76. The molecular formula is C14H27NO. The summed E-state index contributed by atoms with van der Waals surface area (Å²) in [5.41, 5.74) is -0.0247. The van der Waals surface area contributed by atoms with Gasteiger partial charge in [0.15, 0.2) is 0 Å². The predicted molar refractivity (Wildman–Crippen MR) is 68.5 cm³/mol. The van der Waals surface area contributed by atoms with Crippen LogP contribution in [0.2, 0.25) is 0 Å². The third kappa shape index (κ3) is 3.89. The van der Waals surface area contributed by atoms with E-state index in [4.69, 9.17) is 0 Å². The van der Waals surface area contributed by atoms with Crippen molar-refractivity contribution in [2.75, 3.05) is 19.6 Å². The van der Waals surface area contributed by atoms with Gasteiger partial charge in [0, 0.05) is 18.5 Å². The molecular weight excluding hydrogens is 198 g/mol. The van der Waals surface area contributed by atoms with Crippen molar-refractivity contribution in [2.45, 2.75) is 52.9 Å². The first-order valence-electron chi connectivity index (χ1n) is 6.80. The third-order valence-electron chi connectivity index (χ3n) is 3.71. The van der Waals surface area contributed by atoms with Crippen LogP contribution in [0.15, 0.2) is 0 Å². The van der Waals surface area contributed by atoms with Gasteiger partial charge in [-0.3, -0.25) is 0 Å². The minimum Gasteiger partial charge on any atom is -0.303 e. The van der Waals surface area contributed by atoms with E-state index in [1.165, 1.54) is 25.5 Å². The standard InChI is InChI=1S/C14H27NO/c1-4-15(10-13(2)3)11-14(12-16)8-6-5-7-9-14/h12-13H,4-11H2,1-3H3. The molecule has 0 bridgehead atoms. The zero-order chi connectivity index (χ0) is 12.0. The van der Waals surface area contributed by atoms with Crippen molar-refractivity contribution in [1.29, 1.82) is 0 Å². The summed E-state index contributed by atoms with van der Waals surface area (Å²) in [4.78, 5) is 13.8. The van der Waals surface area contributed by atoms with Gasteiger partial charge in [-0.05, 0) is 25.3 Å². The van der Waals surface area contributed by atoms with Gasteiger partial charge < -0.3 is 9.69 Å².